The molecule has 0 atom stereocenters. The van der Waals surface area contributed by atoms with E-state index in [1.54, 1.807) is 18.2 Å². The minimum absolute atomic E-state index is 0.189. The molecule has 5 nitrogen and oxygen atoms in total. The van der Waals surface area contributed by atoms with Gasteiger partial charge in [0.05, 0.1) is 13.7 Å². The molecule has 5 heteroatoms. The van der Waals surface area contributed by atoms with Gasteiger partial charge in [0.25, 0.3) is 5.91 Å². The highest BCUT2D eigenvalue weighted by molar-refractivity contribution is 5.75. The van der Waals surface area contributed by atoms with E-state index in [2.05, 4.69) is 0 Å². The molecule has 0 radical (unpaired) electrons. The number of rotatable bonds is 5. The van der Waals surface area contributed by atoms with E-state index in [1.165, 1.54) is 7.11 Å². The maximum atomic E-state index is 10.6. The van der Waals surface area contributed by atoms with E-state index in [-0.39, 0.29) is 13.2 Å². The standard InChI is InChI=1S/C10H13NO4/c1-14-8-4-2-3-7(5-12)10(8)15-6-9(11)13/h2-4,12H,5-6H2,1H3,(H2,11,13). The van der Waals surface area contributed by atoms with Gasteiger partial charge in [-0.05, 0) is 6.07 Å². The van der Waals surface area contributed by atoms with Gasteiger partial charge in [-0.15, -0.1) is 0 Å². The van der Waals surface area contributed by atoms with Crippen LogP contribution in [0, 0.1) is 0 Å². The molecule has 82 valence electrons. The Bertz CT molecular complexity index is 329. The quantitative estimate of drug-likeness (QED) is 0.721. The molecule has 0 aliphatic heterocycles. The van der Waals surface area contributed by atoms with Crippen molar-refractivity contribution in [2.45, 2.75) is 6.61 Å². The summed E-state index contributed by atoms with van der Waals surface area (Å²) in [6.45, 7) is -0.432. The summed E-state index contributed by atoms with van der Waals surface area (Å²) in [6.07, 6.45) is 0. The third-order valence-corrected chi connectivity index (χ3v) is 1.81. The van der Waals surface area contributed by atoms with Crippen LogP contribution in [0.15, 0.2) is 18.2 Å². The number of carbonyl (C=O) groups is 1. The molecule has 1 aromatic rings. The van der Waals surface area contributed by atoms with E-state index in [9.17, 15) is 4.79 Å². The summed E-state index contributed by atoms with van der Waals surface area (Å²) >= 11 is 0. The Hall–Kier alpha value is -1.75. The fourth-order valence-corrected chi connectivity index (χ4v) is 1.15. The Morgan fingerprint density at radius 1 is 1.53 bits per heavy atom. The number of methoxy groups -OCH3 is 1. The van der Waals surface area contributed by atoms with Crippen molar-refractivity contribution >= 4 is 5.91 Å². The van der Waals surface area contributed by atoms with Crippen LogP contribution in [0.4, 0.5) is 0 Å². The predicted octanol–water partition coefficient (Wildman–Crippen LogP) is 0.0516. The Labute approximate surface area is 87.4 Å². The van der Waals surface area contributed by atoms with Crippen LogP contribution in [0.2, 0.25) is 0 Å². The number of ether oxygens (including phenoxy) is 2. The van der Waals surface area contributed by atoms with Gasteiger partial charge < -0.3 is 20.3 Å². The van der Waals surface area contributed by atoms with Crippen molar-refractivity contribution in [1.82, 2.24) is 0 Å². The number of para-hydroxylation sites is 1. The smallest absolute Gasteiger partial charge is 0.255 e. The van der Waals surface area contributed by atoms with Gasteiger partial charge in [-0.25, -0.2) is 0 Å². The van der Waals surface area contributed by atoms with E-state index >= 15 is 0 Å². The highest BCUT2D eigenvalue weighted by atomic mass is 16.5. The Morgan fingerprint density at radius 2 is 2.27 bits per heavy atom. The lowest BCUT2D eigenvalue weighted by Crippen LogP contribution is -2.20. The number of carbonyl (C=O) groups excluding carboxylic acids is 1. The van der Waals surface area contributed by atoms with Gasteiger partial charge in [0.15, 0.2) is 18.1 Å². The van der Waals surface area contributed by atoms with Gasteiger partial charge in [-0.3, -0.25) is 4.79 Å². The fourth-order valence-electron chi connectivity index (χ4n) is 1.15. The first-order chi connectivity index (χ1) is 7.19. The second-order valence-corrected chi connectivity index (χ2v) is 2.86. The largest absolute Gasteiger partial charge is 0.493 e. The van der Waals surface area contributed by atoms with E-state index in [0.29, 0.717) is 17.1 Å². The zero-order valence-corrected chi connectivity index (χ0v) is 8.40. The lowest BCUT2D eigenvalue weighted by molar-refractivity contribution is -0.120. The molecule has 1 rings (SSSR count). The first kappa shape index (κ1) is 11.3. The van der Waals surface area contributed by atoms with E-state index in [1.807, 2.05) is 0 Å². The molecule has 0 aliphatic carbocycles. The number of hydrogen-bond donors (Lipinski definition) is 2. The number of aliphatic hydroxyl groups is 1. The molecule has 0 aliphatic rings. The Morgan fingerprint density at radius 3 is 2.80 bits per heavy atom. The summed E-state index contributed by atoms with van der Waals surface area (Å²) in [5.74, 6) is 0.230. The first-order valence-electron chi connectivity index (χ1n) is 4.37. The van der Waals surface area contributed by atoms with Crippen LogP contribution >= 0.6 is 0 Å². The average molecular weight is 211 g/mol. The lowest BCUT2D eigenvalue weighted by atomic mass is 10.2. The van der Waals surface area contributed by atoms with E-state index < -0.39 is 5.91 Å². The molecule has 1 amide bonds. The molecular weight excluding hydrogens is 198 g/mol. The molecule has 0 heterocycles. The maximum absolute atomic E-state index is 10.6. The minimum atomic E-state index is -0.579. The van der Waals surface area contributed by atoms with Gasteiger partial charge in [0.2, 0.25) is 0 Å². The zero-order chi connectivity index (χ0) is 11.3. The molecule has 0 spiro atoms. The molecule has 1 aromatic carbocycles. The molecule has 0 saturated carbocycles. The molecule has 0 unspecified atom stereocenters. The average Bonchev–Trinajstić information content (AvgIpc) is 2.25. The number of nitrogens with two attached hydrogens (primary N) is 1. The van der Waals surface area contributed by atoms with Gasteiger partial charge in [-0.1, -0.05) is 12.1 Å². The molecule has 3 N–H and O–H groups in total. The summed E-state index contributed by atoms with van der Waals surface area (Å²) < 4.78 is 10.2. The van der Waals surface area contributed by atoms with Crippen LogP contribution in [-0.4, -0.2) is 24.7 Å². The van der Waals surface area contributed by atoms with Gasteiger partial charge >= 0.3 is 0 Å². The predicted molar refractivity (Wildman–Crippen MR) is 53.6 cm³/mol. The van der Waals surface area contributed by atoms with Crippen LogP contribution in [0.1, 0.15) is 5.56 Å². The van der Waals surface area contributed by atoms with Crippen molar-refractivity contribution in [2.75, 3.05) is 13.7 Å². The van der Waals surface area contributed by atoms with Crippen molar-refractivity contribution in [2.24, 2.45) is 5.73 Å². The third kappa shape index (κ3) is 2.85. The normalized spacial score (nSPS) is 9.73. The number of primary amides is 1. The van der Waals surface area contributed by atoms with Crippen LogP contribution in [-0.2, 0) is 11.4 Å². The van der Waals surface area contributed by atoms with Crippen molar-refractivity contribution in [3.63, 3.8) is 0 Å². The van der Waals surface area contributed by atoms with Crippen LogP contribution in [0.3, 0.4) is 0 Å². The number of hydrogen-bond acceptors (Lipinski definition) is 4. The number of amides is 1. The second-order valence-electron chi connectivity index (χ2n) is 2.86. The topological polar surface area (TPSA) is 81.8 Å². The molecule has 0 fully saturated rings. The number of aliphatic hydroxyl groups excluding tert-OH is 1. The molecule has 0 saturated heterocycles. The van der Waals surface area contributed by atoms with E-state index in [0.717, 1.165) is 0 Å². The third-order valence-electron chi connectivity index (χ3n) is 1.81. The lowest BCUT2D eigenvalue weighted by Gasteiger charge is -2.12. The molecule has 0 bridgehead atoms. The van der Waals surface area contributed by atoms with Crippen molar-refractivity contribution in [3.05, 3.63) is 23.8 Å². The van der Waals surface area contributed by atoms with Gasteiger partial charge in [-0.2, -0.15) is 0 Å². The molecule has 15 heavy (non-hydrogen) atoms. The summed E-state index contributed by atoms with van der Waals surface area (Å²) in [6, 6.07) is 5.08. The van der Waals surface area contributed by atoms with Crippen molar-refractivity contribution in [1.29, 1.82) is 0 Å². The Kier molecular flexibility index (Phi) is 3.93. The first-order valence-corrected chi connectivity index (χ1v) is 4.37. The second kappa shape index (κ2) is 5.21. The summed E-state index contributed by atoms with van der Waals surface area (Å²) in [7, 11) is 1.48. The zero-order valence-electron chi connectivity index (χ0n) is 8.40. The van der Waals surface area contributed by atoms with Crippen LogP contribution in [0.25, 0.3) is 0 Å². The fraction of sp³-hybridized carbons (Fsp3) is 0.300. The minimum Gasteiger partial charge on any atom is -0.493 e. The highest BCUT2D eigenvalue weighted by Crippen LogP contribution is 2.30. The molecule has 0 aromatic heterocycles. The van der Waals surface area contributed by atoms with Gasteiger partial charge in [0.1, 0.15) is 0 Å². The number of benzene rings is 1. The summed E-state index contributed by atoms with van der Waals surface area (Å²) in [4.78, 5) is 10.6. The summed E-state index contributed by atoms with van der Waals surface area (Å²) in [5.41, 5.74) is 5.51. The van der Waals surface area contributed by atoms with Crippen molar-refractivity contribution < 1.29 is 19.4 Å². The van der Waals surface area contributed by atoms with Gasteiger partial charge in [0, 0.05) is 5.56 Å². The Balaban J connectivity index is 2.94. The molecular formula is C10H13NO4. The monoisotopic (exact) mass is 211 g/mol. The highest BCUT2D eigenvalue weighted by Gasteiger charge is 2.10. The van der Waals surface area contributed by atoms with E-state index in [4.69, 9.17) is 20.3 Å². The SMILES string of the molecule is COc1cccc(CO)c1OCC(N)=O. The summed E-state index contributed by atoms with van der Waals surface area (Å²) in [5, 5.41) is 9.05. The van der Waals surface area contributed by atoms with Crippen LogP contribution in [0.5, 0.6) is 11.5 Å². The maximum Gasteiger partial charge on any atom is 0.255 e. The van der Waals surface area contributed by atoms with Crippen molar-refractivity contribution in [3.8, 4) is 11.5 Å². The van der Waals surface area contributed by atoms with Crippen LogP contribution < -0.4 is 15.2 Å².